The molecular weight excluding hydrogens is 274 g/mol. The minimum absolute atomic E-state index is 0.0196. The first-order valence-electron chi connectivity index (χ1n) is 6.77. The van der Waals surface area contributed by atoms with E-state index in [4.69, 9.17) is 9.84 Å². The van der Waals surface area contributed by atoms with E-state index in [2.05, 4.69) is 17.2 Å². The quantitative estimate of drug-likeness (QED) is 0.828. The molecule has 2 unspecified atom stereocenters. The van der Waals surface area contributed by atoms with Crippen molar-refractivity contribution in [1.29, 1.82) is 0 Å². The third-order valence-corrected chi connectivity index (χ3v) is 4.12. The molecule has 0 saturated carbocycles. The van der Waals surface area contributed by atoms with Crippen LogP contribution < -0.4 is 5.32 Å². The van der Waals surface area contributed by atoms with E-state index in [0.29, 0.717) is 19.6 Å². The van der Waals surface area contributed by atoms with Gasteiger partial charge < -0.3 is 15.2 Å². The second-order valence-electron chi connectivity index (χ2n) is 4.84. The first kappa shape index (κ1) is 15.0. The van der Waals surface area contributed by atoms with E-state index in [9.17, 15) is 4.79 Å². The number of hydrogen-bond acceptors (Lipinski definition) is 4. The van der Waals surface area contributed by atoms with Gasteiger partial charge in [-0.3, -0.25) is 4.79 Å². The van der Waals surface area contributed by atoms with Gasteiger partial charge in [0.2, 0.25) is 5.91 Å². The number of rotatable bonds is 4. The highest BCUT2D eigenvalue weighted by Crippen LogP contribution is 2.20. The summed E-state index contributed by atoms with van der Waals surface area (Å²) in [7, 11) is 0. The van der Waals surface area contributed by atoms with Crippen LogP contribution in [0.25, 0.3) is 0 Å². The van der Waals surface area contributed by atoms with E-state index >= 15 is 0 Å². The summed E-state index contributed by atoms with van der Waals surface area (Å²) in [5, 5.41) is 11.6. The smallest absolute Gasteiger partial charge is 0.225 e. The molecule has 2 heterocycles. The Hall–Kier alpha value is -1.35. The normalized spacial score (nSPS) is 21.3. The molecule has 1 saturated heterocycles. The van der Waals surface area contributed by atoms with Gasteiger partial charge in [0.05, 0.1) is 36.7 Å². The van der Waals surface area contributed by atoms with Crippen LogP contribution in [0.15, 0.2) is 12.1 Å². The molecule has 0 bridgehead atoms. The summed E-state index contributed by atoms with van der Waals surface area (Å²) in [6.07, 6.45) is 1.47. The number of thiophene rings is 1. The lowest BCUT2D eigenvalue weighted by Gasteiger charge is -2.08. The van der Waals surface area contributed by atoms with Crippen LogP contribution in [-0.4, -0.2) is 30.3 Å². The van der Waals surface area contributed by atoms with Gasteiger partial charge in [-0.25, -0.2) is 0 Å². The Kier molecular flexibility index (Phi) is 5.60. The van der Waals surface area contributed by atoms with Crippen molar-refractivity contribution >= 4 is 17.2 Å². The zero-order chi connectivity index (χ0) is 14.4. The Labute approximate surface area is 123 Å². The van der Waals surface area contributed by atoms with E-state index in [1.807, 2.05) is 19.1 Å². The van der Waals surface area contributed by atoms with Gasteiger partial charge in [-0.1, -0.05) is 11.8 Å². The lowest BCUT2D eigenvalue weighted by molar-refractivity contribution is -0.125. The van der Waals surface area contributed by atoms with E-state index in [0.717, 1.165) is 16.2 Å². The molecule has 4 nitrogen and oxygen atoms in total. The SMILES string of the molecule is CC1CC(C(=O)NCc2ccc(C#CCCO)s2)CO1. The third-order valence-electron chi connectivity index (χ3n) is 3.12. The van der Waals surface area contributed by atoms with E-state index in [-0.39, 0.29) is 24.5 Å². The molecule has 2 N–H and O–H groups in total. The maximum Gasteiger partial charge on any atom is 0.225 e. The number of aliphatic hydroxyl groups is 1. The molecule has 5 heteroatoms. The van der Waals surface area contributed by atoms with Crippen molar-refractivity contribution in [2.75, 3.05) is 13.2 Å². The van der Waals surface area contributed by atoms with Crippen molar-refractivity contribution in [3.05, 3.63) is 21.9 Å². The first-order chi connectivity index (χ1) is 9.69. The molecule has 1 aliphatic rings. The van der Waals surface area contributed by atoms with Crippen molar-refractivity contribution in [2.45, 2.75) is 32.4 Å². The predicted octanol–water partition coefficient (Wildman–Crippen LogP) is 1.52. The van der Waals surface area contributed by atoms with Crippen LogP contribution in [0.5, 0.6) is 0 Å². The van der Waals surface area contributed by atoms with Gasteiger partial charge in [-0.2, -0.15) is 0 Å². The highest BCUT2D eigenvalue weighted by Gasteiger charge is 2.27. The first-order valence-corrected chi connectivity index (χ1v) is 7.58. The Morgan fingerprint density at radius 3 is 3.15 bits per heavy atom. The number of hydrogen-bond donors (Lipinski definition) is 2. The second kappa shape index (κ2) is 7.44. The van der Waals surface area contributed by atoms with Crippen LogP contribution >= 0.6 is 11.3 Å². The molecule has 0 aromatic carbocycles. The number of carbonyl (C=O) groups excluding carboxylic acids is 1. The molecule has 1 aromatic rings. The topological polar surface area (TPSA) is 58.6 Å². The number of nitrogens with one attached hydrogen (secondary N) is 1. The minimum Gasteiger partial charge on any atom is -0.395 e. The maximum absolute atomic E-state index is 11.9. The Bertz CT molecular complexity index is 515. The standard InChI is InChI=1S/C15H19NO3S/c1-11-8-12(10-19-11)15(18)16-9-14-6-5-13(20-14)4-2-3-7-17/h5-6,11-12,17H,3,7-10H2,1H3,(H,16,18). The Morgan fingerprint density at radius 1 is 1.60 bits per heavy atom. The van der Waals surface area contributed by atoms with Gasteiger partial charge in [0.15, 0.2) is 0 Å². The molecule has 1 amide bonds. The van der Waals surface area contributed by atoms with Crippen LogP contribution in [0, 0.1) is 17.8 Å². The Balaban J connectivity index is 1.79. The third kappa shape index (κ3) is 4.34. The lowest BCUT2D eigenvalue weighted by atomic mass is 10.1. The average molecular weight is 293 g/mol. The van der Waals surface area contributed by atoms with Crippen LogP contribution in [0.4, 0.5) is 0 Å². The summed E-state index contributed by atoms with van der Waals surface area (Å²) >= 11 is 1.57. The summed E-state index contributed by atoms with van der Waals surface area (Å²) < 4.78 is 5.40. The van der Waals surface area contributed by atoms with Crippen LogP contribution in [0.2, 0.25) is 0 Å². The largest absolute Gasteiger partial charge is 0.395 e. The number of ether oxygens (including phenoxy) is 1. The number of aliphatic hydroxyl groups excluding tert-OH is 1. The summed E-state index contributed by atoms with van der Waals surface area (Å²) in [5.74, 6) is 5.92. The van der Waals surface area contributed by atoms with Crippen molar-refractivity contribution in [1.82, 2.24) is 5.32 Å². The molecule has 2 rings (SSSR count). The highest BCUT2D eigenvalue weighted by molar-refractivity contribution is 7.12. The fraction of sp³-hybridized carbons (Fsp3) is 0.533. The van der Waals surface area contributed by atoms with Crippen molar-refractivity contribution in [3.63, 3.8) is 0 Å². The van der Waals surface area contributed by atoms with Crippen molar-refractivity contribution in [3.8, 4) is 11.8 Å². The zero-order valence-corrected chi connectivity index (χ0v) is 12.3. The zero-order valence-electron chi connectivity index (χ0n) is 11.5. The highest BCUT2D eigenvalue weighted by atomic mass is 32.1. The molecule has 20 heavy (non-hydrogen) atoms. The van der Waals surface area contributed by atoms with Crippen molar-refractivity contribution in [2.24, 2.45) is 5.92 Å². The van der Waals surface area contributed by atoms with Crippen molar-refractivity contribution < 1.29 is 14.6 Å². The van der Waals surface area contributed by atoms with Gasteiger partial charge in [0.25, 0.3) is 0 Å². The fourth-order valence-electron chi connectivity index (χ4n) is 2.06. The molecule has 1 aliphatic heterocycles. The van der Waals surface area contributed by atoms with Gasteiger partial charge >= 0.3 is 0 Å². The molecule has 2 atom stereocenters. The molecule has 108 valence electrons. The second-order valence-corrected chi connectivity index (χ2v) is 6.00. The fourth-order valence-corrected chi connectivity index (χ4v) is 2.89. The van der Waals surface area contributed by atoms with Gasteiger partial charge in [0, 0.05) is 11.3 Å². The maximum atomic E-state index is 11.9. The molecule has 0 spiro atoms. The Morgan fingerprint density at radius 2 is 2.45 bits per heavy atom. The summed E-state index contributed by atoms with van der Waals surface area (Å²) in [5.41, 5.74) is 0. The van der Waals surface area contributed by atoms with Gasteiger partial charge in [-0.15, -0.1) is 11.3 Å². The number of carbonyl (C=O) groups is 1. The lowest BCUT2D eigenvalue weighted by Crippen LogP contribution is -2.30. The van der Waals surface area contributed by atoms with Crippen LogP contribution in [0.1, 0.15) is 29.5 Å². The van der Waals surface area contributed by atoms with E-state index in [1.165, 1.54) is 0 Å². The van der Waals surface area contributed by atoms with Crippen LogP contribution in [-0.2, 0) is 16.1 Å². The summed E-state index contributed by atoms with van der Waals surface area (Å²) in [4.78, 5) is 14.0. The minimum atomic E-state index is -0.0196. The number of amides is 1. The van der Waals surface area contributed by atoms with E-state index in [1.54, 1.807) is 11.3 Å². The average Bonchev–Trinajstić information content (AvgIpc) is 3.05. The van der Waals surface area contributed by atoms with Crippen LogP contribution in [0.3, 0.4) is 0 Å². The molecule has 1 fully saturated rings. The summed E-state index contributed by atoms with van der Waals surface area (Å²) in [6, 6.07) is 3.92. The predicted molar refractivity (Wildman–Crippen MR) is 78.3 cm³/mol. The van der Waals surface area contributed by atoms with Gasteiger partial charge in [-0.05, 0) is 25.5 Å². The molecule has 1 aromatic heterocycles. The molecule has 0 aliphatic carbocycles. The van der Waals surface area contributed by atoms with Gasteiger partial charge in [0.1, 0.15) is 0 Å². The van der Waals surface area contributed by atoms with E-state index < -0.39 is 0 Å². The monoisotopic (exact) mass is 293 g/mol. The molecule has 0 radical (unpaired) electrons. The summed E-state index contributed by atoms with van der Waals surface area (Å²) in [6.45, 7) is 3.14. The molecular formula is C15H19NO3S.